The Balaban J connectivity index is 2.20. The number of halogens is 1. The van der Waals surface area contributed by atoms with E-state index < -0.39 is 0 Å². The number of benzene rings is 1. The molecule has 18 heavy (non-hydrogen) atoms. The molecule has 2 rings (SSSR count). The van der Waals surface area contributed by atoms with Gasteiger partial charge in [0.2, 0.25) is 0 Å². The van der Waals surface area contributed by atoms with E-state index in [0.29, 0.717) is 0 Å². The minimum absolute atomic E-state index is 0.0536. The lowest BCUT2D eigenvalue weighted by Crippen LogP contribution is -2.19. The van der Waals surface area contributed by atoms with Gasteiger partial charge in [-0.1, -0.05) is 18.2 Å². The maximum absolute atomic E-state index is 6.02. The summed E-state index contributed by atoms with van der Waals surface area (Å²) in [6.45, 7) is 2.92. The van der Waals surface area contributed by atoms with Crippen LogP contribution in [0, 0.1) is 0 Å². The number of rotatable bonds is 4. The van der Waals surface area contributed by atoms with Gasteiger partial charge >= 0.3 is 0 Å². The van der Waals surface area contributed by atoms with Crippen molar-refractivity contribution in [1.29, 1.82) is 0 Å². The molecule has 0 bridgehead atoms. The van der Waals surface area contributed by atoms with Crippen molar-refractivity contribution in [1.82, 2.24) is 0 Å². The predicted molar refractivity (Wildman–Crippen MR) is 83.2 cm³/mol. The molecule has 1 unspecified atom stereocenters. The number of anilines is 1. The largest absolute Gasteiger partial charge is 0.370 e. The van der Waals surface area contributed by atoms with E-state index in [2.05, 4.69) is 57.5 Å². The maximum atomic E-state index is 6.02. The van der Waals surface area contributed by atoms with E-state index >= 15 is 0 Å². The summed E-state index contributed by atoms with van der Waals surface area (Å²) in [5.74, 6) is 0. The Labute approximate surface area is 121 Å². The third kappa shape index (κ3) is 3.13. The summed E-state index contributed by atoms with van der Waals surface area (Å²) in [5.41, 5.74) is 9.72. The van der Waals surface area contributed by atoms with Crippen LogP contribution in [0.3, 0.4) is 0 Å². The van der Waals surface area contributed by atoms with Gasteiger partial charge < -0.3 is 10.6 Å². The highest BCUT2D eigenvalue weighted by Gasteiger charge is 2.10. The molecule has 96 valence electrons. The van der Waals surface area contributed by atoms with Crippen molar-refractivity contribution in [2.45, 2.75) is 19.5 Å². The van der Waals surface area contributed by atoms with Crippen LogP contribution in [0.2, 0.25) is 0 Å². The van der Waals surface area contributed by atoms with Crippen LogP contribution in [0.25, 0.3) is 0 Å². The van der Waals surface area contributed by atoms with Gasteiger partial charge in [-0.05, 0) is 51.5 Å². The van der Waals surface area contributed by atoms with Gasteiger partial charge in [0.1, 0.15) is 0 Å². The van der Waals surface area contributed by atoms with Crippen LogP contribution < -0.4 is 10.6 Å². The van der Waals surface area contributed by atoms with Crippen molar-refractivity contribution in [3.8, 4) is 0 Å². The first-order valence-corrected chi connectivity index (χ1v) is 7.53. The van der Waals surface area contributed by atoms with Crippen LogP contribution >= 0.6 is 27.3 Å². The first-order valence-electron chi connectivity index (χ1n) is 5.86. The number of nitrogens with two attached hydrogens (primary N) is 1. The summed E-state index contributed by atoms with van der Waals surface area (Å²) in [4.78, 5) is 2.24. The Kier molecular flexibility index (Phi) is 4.43. The fourth-order valence-electron chi connectivity index (χ4n) is 2.01. The van der Waals surface area contributed by atoms with Gasteiger partial charge in [0.25, 0.3) is 0 Å². The van der Waals surface area contributed by atoms with Crippen LogP contribution in [0.5, 0.6) is 0 Å². The smallest absolute Gasteiger partial charge is 0.0701 e. The van der Waals surface area contributed by atoms with E-state index in [9.17, 15) is 0 Å². The number of hydrogen-bond donors (Lipinski definition) is 1. The van der Waals surface area contributed by atoms with E-state index in [4.69, 9.17) is 5.73 Å². The molecule has 4 heteroatoms. The molecule has 2 N–H and O–H groups in total. The molecule has 0 amide bonds. The van der Waals surface area contributed by atoms with Gasteiger partial charge in [0.15, 0.2) is 0 Å². The number of nitrogens with zero attached hydrogens (tertiary/aromatic N) is 1. The van der Waals surface area contributed by atoms with Crippen LogP contribution in [0.15, 0.2) is 39.5 Å². The lowest BCUT2D eigenvalue weighted by molar-refractivity contribution is 0.801. The van der Waals surface area contributed by atoms with Gasteiger partial charge in [-0.25, -0.2) is 0 Å². The number of hydrogen-bond acceptors (Lipinski definition) is 3. The lowest BCUT2D eigenvalue weighted by Gasteiger charge is -2.23. The zero-order chi connectivity index (χ0) is 13.1. The highest BCUT2D eigenvalue weighted by molar-refractivity contribution is 9.11. The molecule has 0 saturated carbocycles. The van der Waals surface area contributed by atoms with E-state index in [1.165, 1.54) is 20.6 Å². The molecule has 1 atom stereocenters. The lowest BCUT2D eigenvalue weighted by atomic mass is 10.1. The highest BCUT2D eigenvalue weighted by atomic mass is 79.9. The van der Waals surface area contributed by atoms with Crippen LogP contribution in [0.4, 0.5) is 5.69 Å². The summed E-state index contributed by atoms with van der Waals surface area (Å²) in [6, 6.07) is 10.5. The van der Waals surface area contributed by atoms with Crippen molar-refractivity contribution in [3.63, 3.8) is 0 Å². The normalized spacial score (nSPS) is 12.4. The molecule has 0 fully saturated rings. The second kappa shape index (κ2) is 5.87. The molecule has 1 heterocycles. The Bertz CT molecular complexity index is 522. The minimum Gasteiger partial charge on any atom is -0.370 e. The fourth-order valence-corrected chi connectivity index (χ4v) is 3.21. The third-order valence-corrected chi connectivity index (χ3v) is 4.43. The van der Waals surface area contributed by atoms with Gasteiger partial charge in [-0.2, -0.15) is 0 Å². The predicted octanol–water partition coefficient (Wildman–Crippen LogP) is 4.17. The third-order valence-electron chi connectivity index (χ3n) is 2.88. The summed E-state index contributed by atoms with van der Waals surface area (Å²) in [6.07, 6.45) is 0. The SMILES string of the molecule is CC(N)c1ccccc1N(C)Cc1csc(Br)c1. The Morgan fingerprint density at radius 3 is 2.72 bits per heavy atom. The molecular weight excluding hydrogens is 308 g/mol. The average Bonchev–Trinajstić information content (AvgIpc) is 2.74. The maximum Gasteiger partial charge on any atom is 0.0701 e. The monoisotopic (exact) mass is 324 g/mol. The van der Waals surface area contributed by atoms with E-state index in [1.54, 1.807) is 11.3 Å². The van der Waals surface area contributed by atoms with Crippen LogP contribution in [0.1, 0.15) is 24.1 Å². The molecule has 0 saturated heterocycles. The summed E-state index contributed by atoms with van der Waals surface area (Å²) in [5, 5.41) is 2.18. The molecule has 1 aromatic heterocycles. The second-order valence-corrected chi connectivity index (χ2v) is 6.75. The Morgan fingerprint density at radius 1 is 1.39 bits per heavy atom. The van der Waals surface area contributed by atoms with E-state index in [1.807, 2.05) is 13.0 Å². The molecule has 2 aromatic rings. The zero-order valence-corrected chi connectivity index (χ0v) is 13.0. The number of para-hydroxylation sites is 1. The summed E-state index contributed by atoms with van der Waals surface area (Å²) in [7, 11) is 2.10. The quantitative estimate of drug-likeness (QED) is 0.914. The first-order chi connectivity index (χ1) is 8.58. The Hall–Kier alpha value is -0.840. The van der Waals surface area contributed by atoms with Crippen LogP contribution in [-0.4, -0.2) is 7.05 Å². The average molecular weight is 325 g/mol. The molecule has 0 aliphatic carbocycles. The van der Waals surface area contributed by atoms with Crippen molar-refractivity contribution >= 4 is 33.0 Å². The topological polar surface area (TPSA) is 29.3 Å². The van der Waals surface area contributed by atoms with Gasteiger partial charge in [0, 0.05) is 25.3 Å². The number of thiophene rings is 1. The summed E-state index contributed by atoms with van der Waals surface area (Å²) < 4.78 is 1.17. The van der Waals surface area contributed by atoms with Crippen molar-refractivity contribution in [2.75, 3.05) is 11.9 Å². The van der Waals surface area contributed by atoms with Gasteiger partial charge in [-0.15, -0.1) is 11.3 Å². The van der Waals surface area contributed by atoms with Gasteiger partial charge in [-0.3, -0.25) is 0 Å². The van der Waals surface area contributed by atoms with E-state index in [-0.39, 0.29) is 6.04 Å². The Morgan fingerprint density at radius 2 is 2.11 bits per heavy atom. The summed E-state index contributed by atoms with van der Waals surface area (Å²) >= 11 is 5.21. The zero-order valence-electron chi connectivity index (χ0n) is 10.6. The fraction of sp³-hybridized carbons (Fsp3) is 0.286. The van der Waals surface area contributed by atoms with Crippen molar-refractivity contribution in [2.24, 2.45) is 5.73 Å². The molecular formula is C14H17BrN2S. The molecule has 0 aliphatic rings. The highest BCUT2D eigenvalue weighted by Crippen LogP contribution is 2.27. The van der Waals surface area contributed by atoms with Gasteiger partial charge in [0.05, 0.1) is 3.79 Å². The molecule has 1 aromatic carbocycles. The van der Waals surface area contributed by atoms with Crippen molar-refractivity contribution in [3.05, 3.63) is 50.6 Å². The standard InChI is InChI=1S/C14H17BrN2S/c1-10(16)12-5-3-4-6-13(12)17(2)8-11-7-14(15)18-9-11/h3-7,9-10H,8,16H2,1-2H3. The molecule has 2 nitrogen and oxygen atoms in total. The van der Waals surface area contributed by atoms with Crippen LogP contribution in [-0.2, 0) is 6.54 Å². The molecule has 0 aliphatic heterocycles. The second-order valence-electron chi connectivity index (χ2n) is 4.46. The molecule has 0 radical (unpaired) electrons. The minimum atomic E-state index is 0.0536. The molecule has 0 spiro atoms. The first kappa shape index (κ1) is 13.6. The van der Waals surface area contributed by atoms with E-state index in [0.717, 1.165) is 6.54 Å². The van der Waals surface area contributed by atoms with Crippen molar-refractivity contribution < 1.29 is 0 Å².